The predicted molar refractivity (Wildman–Crippen MR) is 99.9 cm³/mol. The first-order valence-corrected chi connectivity index (χ1v) is 7.12. The molecule has 5 nitrogen and oxygen atoms in total. The molecule has 1 aromatic carbocycles. The molecule has 1 aliphatic rings. The van der Waals surface area contributed by atoms with Crippen LogP contribution in [0.4, 0.5) is 5.69 Å². The van der Waals surface area contributed by atoms with Crippen LogP contribution < -0.4 is 10.2 Å². The quantitative estimate of drug-likeness (QED) is 0.471. The van der Waals surface area contributed by atoms with Crippen molar-refractivity contribution in [2.24, 2.45) is 4.99 Å². The molecule has 116 valence electrons. The Hall–Kier alpha value is -1.70. The second-order valence-electron chi connectivity index (χ2n) is 5.03. The van der Waals surface area contributed by atoms with Crippen molar-refractivity contribution in [2.45, 2.75) is 19.9 Å². The zero-order valence-electron chi connectivity index (χ0n) is 12.8. The number of aliphatic imine (C=N–C) groups is 1. The number of hydrogen-bond acceptors (Lipinski definition) is 3. The number of halogens is 1. The molecule has 6 heteroatoms. The third-order valence-electron chi connectivity index (χ3n) is 3.62. The summed E-state index contributed by atoms with van der Waals surface area (Å²) < 4.78 is 0. The lowest BCUT2D eigenvalue weighted by Crippen LogP contribution is -2.40. The minimum atomic E-state index is 0. The molecule has 0 bridgehead atoms. The highest BCUT2D eigenvalue weighted by Gasteiger charge is 2.22. The van der Waals surface area contributed by atoms with Crippen molar-refractivity contribution in [3.63, 3.8) is 0 Å². The summed E-state index contributed by atoms with van der Waals surface area (Å²) in [6.07, 6.45) is 2.84. The van der Waals surface area contributed by atoms with Crippen molar-refractivity contribution in [1.29, 1.82) is 0 Å². The Kier molecular flexibility index (Phi) is 5.70. The van der Waals surface area contributed by atoms with Crippen LogP contribution in [0.5, 0.6) is 0 Å². The van der Waals surface area contributed by atoms with Crippen LogP contribution in [-0.2, 0) is 13.0 Å². The summed E-state index contributed by atoms with van der Waals surface area (Å²) in [5, 5.41) is 3.38. The number of anilines is 1. The first kappa shape index (κ1) is 16.7. The van der Waals surface area contributed by atoms with Gasteiger partial charge in [0.1, 0.15) is 5.82 Å². The SMILES string of the molecule is CN=C(NCc1ccnc(C)n1)N1CCc2ccccc21.I. The van der Waals surface area contributed by atoms with Crippen LogP contribution in [0.25, 0.3) is 0 Å². The molecule has 0 radical (unpaired) electrons. The van der Waals surface area contributed by atoms with Gasteiger partial charge in [-0.2, -0.15) is 0 Å². The van der Waals surface area contributed by atoms with Gasteiger partial charge in [0, 0.05) is 25.5 Å². The molecule has 0 amide bonds. The van der Waals surface area contributed by atoms with Gasteiger partial charge in [-0.1, -0.05) is 18.2 Å². The number of guanidine groups is 1. The van der Waals surface area contributed by atoms with Gasteiger partial charge in [0.2, 0.25) is 0 Å². The Morgan fingerprint density at radius 1 is 1.32 bits per heavy atom. The number of fused-ring (bicyclic) bond motifs is 1. The smallest absolute Gasteiger partial charge is 0.198 e. The molecule has 0 spiro atoms. The maximum atomic E-state index is 4.40. The first-order chi connectivity index (χ1) is 10.3. The molecule has 2 heterocycles. The molecule has 0 fully saturated rings. The lowest BCUT2D eigenvalue weighted by molar-refractivity contribution is 0.823. The van der Waals surface area contributed by atoms with E-state index >= 15 is 0 Å². The summed E-state index contributed by atoms with van der Waals surface area (Å²) in [5.41, 5.74) is 3.58. The average Bonchev–Trinajstić information content (AvgIpc) is 2.92. The molecule has 1 N–H and O–H groups in total. The second kappa shape index (κ2) is 7.53. The number of aryl methyl sites for hydroxylation is 1. The van der Waals surface area contributed by atoms with Crippen molar-refractivity contribution < 1.29 is 0 Å². The van der Waals surface area contributed by atoms with E-state index in [1.165, 1.54) is 11.3 Å². The van der Waals surface area contributed by atoms with Gasteiger partial charge in [0.05, 0.1) is 12.2 Å². The van der Waals surface area contributed by atoms with Gasteiger partial charge >= 0.3 is 0 Å². The maximum absolute atomic E-state index is 4.40. The zero-order valence-corrected chi connectivity index (χ0v) is 15.1. The Balaban J connectivity index is 0.00000176. The van der Waals surface area contributed by atoms with Crippen molar-refractivity contribution in [2.75, 3.05) is 18.5 Å². The van der Waals surface area contributed by atoms with Gasteiger partial charge in [-0.3, -0.25) is 4.99 Å². The standard InChI is InChI=1S/C16H19N5.HI/c1-12-18-9-7-14(20-12)11-19-16(17-2)21-10-8-13-5-3-4-6-15(13)21;/h3-7,9H,8,10-11H2,1-2H3,(H,17,19);1H. The summed E-state index contributed by atoms with van der Waals surface area (Å²) in [4.78, 5) is 15.1. The Morgan fingerprint density at radius 2 is 2.14 bits per heavy atom. The van der Waals surface area contributed by atoms with Gasteiger partial charge in [0.15, 0.2) is 5.96 Å². The van der Waals surface area contributed by atoms with Crippen molar-refractivity contribution in [3.05, 3.63) is 53.6 Å². The molecule has 0 saturated carbocycles. The highest BCUT2D eigenvalue weighted by atomic mass is 127. The van der Waals surface area contributed by atoms with Gasteiger partial charge in [-0.15, -0.1) is 24.0 Å². The second-order valence-corrected chi connectivity index (χ2v) is 5.03. The van der Waals surface area contributed by atoms with Crippen molar-refractivity contribution in [1.82, 2.24) is 15.3 Å². The number of aromatic nitrogens is 2. The first-order valence-electron chi connectivity index (χ1n) is 7.12. The third-order valence-corrected chi connectivity index (χ3v) is 3.62. The van der Waals surface area contributed by atoms with Crippen LogP contribution in [0.2, 0.25) is 0 Å². The van der Waals surface area contributed by atoms with Crippen LogP contribution in [-0.4, -0.2) is 29.5 Å². The van der Waals surface area contributed by atoms with Gasteiger partial charge in [-0.25, -0.2) is 9.97 Å². The predicted octanol–water partition coefficient (Wildman–Crippen LogP) is 2.54. The van der Waals surface area contributed by atoms with Crippen LogP contribution >= 0.6 is 24.0 Å². The Bertz CT molecular complexity index is 671. The van der Waals surface area contributed by atoms with E-state index in [4.69, 9.17) is 0 Å². The van der Waals surface area contributed by atoms with Gasteiger partial charge in [0.25, 0.3) is 0 Å². The highest BCUT2D eigenvalue weighted by Crippen LogP contribution is 2.27. The van der Waals surface area contributed by atoms with Crippen LogP contribution in [0, 0.1) is 6.92 Å². The van der Waals surface area contributed by atoms with E-state index in [0.29, 0.717) is 6.54 Å². The van der Waals surface area contributed by atoms with Crippen molar-refractivity contribution in [3.8, 4) is 0 Å². The number of hydrogen-bond donors (Lipinski definition) is 1. The summed E-state index contributed by atoms with van der Waals surface area (Å²) in [5.74, 6) is 1.67. The molecular weight excluding hydrogens is 389 g/mol. The summed E-state index contributed by atoms with van der Waals surface area (Å²) in [6, 6.07) is 10.4. The van der Waals surface area contributed by atoms with Crippen LogP contribution in [0.1, 0.15) is 17.1 Å². The van der Waals surface area contributed by atoms with Crippen LogP contribution in [0.3, 0.4) is 0 Å². The molecule has 1 aromatic heterocycles. The topological polar surface area (TPSA) is 53.4 Å². The van der Waals surface area contributed by atoms with Gasteiger partial charge < -0.3 is 10.2 Å². The molecule has 1 aliphatic heterocycles. The minimum absolute atomic E-state index is 0. The van der Waals surface area contributed by atoms with E-state index in [-0.39, 0.29) is 24.0 Å². The van der Waals surface area contributed by atoms with E-state index < -0.39 is 0 Å². The Labute approximate surface area is 147 Å². The molecular formula is C16H20IN5. The maximum Gasteiger partial charge on any atom is 0.198 e. The lowest BCUT2D eigenvalue weighted by atomic mass is 10.2. The fourth-order valence-electron chi connectivity index (χ4n) is 2.63. The number of nitrogens with one attached hydrogen (secondary N) is 1. The number of nitrogens with zero attached hydrogens (tertiary/aromatic N) is 4. The highest BCUT2D eigenvalue weighted by molar-refractivity contribution is 14.0. The number of rotatable bonds is 2. The Morgan fingerprint density at radius 3 is 2.91 bits per heavy atom. The van der Waals surface area contributed by atoms with Crippen LogP contribution in [0.15, 0.2) is 41.5 Å². The lowest BCUT2D eigenvalue weighted by Gasteiger charge is -2.22. The fraction of sp³-hybridized carbons (Fsp3) is 0.312. The zero-order chi connectivity index (χ0) is 14.7. The van der Waals surface area contributed by atoms with E-state index in [1.807, 2.05) is 20.0 Å². The normalized spacial score (nSPS) is 13.5. The van der Waals surface area contributed by atoms with E-state index in [9.17, 15) is 0 Å². The molecule has 0 atom stereocenters. The molecule has 3 rings (SSSR count). The molecule has 0 unspecified atom stereocenters. The largest absolute Gasteiger partial charge is 0.350 e. The van der Waals surface area contributed by atoms with E-state index in [2.05, 4.69) is 49.4 Å². The molecule has 22 heavy (non-hydrogen) atoms. The van der Waals surface area contributed by atoms with E-state index in [0.717, 1.165) is 30.4 Å². The molecule has 2 aromatic rings. The van der Waals surface area contributed by atoms with Gasteiger partial charge in [-0.05, 0) is 31.0 Å². The molecule has 0 saturated heterocycles. The summed E-state index contributed by atoms with van der Waals surface area (Å²) >= 11 is 0. The average molecular weight is 409 g/mol. The third kappa shape index (κ3) is 3.55. The summed E-state index contributed by atoms with van der Waals surface area (Å²) in [7, 11) is 1.81. The van der Waals surface area contributed by atoms with Crippen molar-refractivity contribution >= 4 is 35.6 Å². The fourth-order valence-corrected chi connectivity index (χ4v) is 2.63. The summed E-state index contributed by atoms with van der Waals surface area (Å²) in [6.45, 7) is 3.51. The monoisotopic (exact) mass is 409 g/mol. The minimum Gasteiger partial charge on any atom is -0.350 e. The number of benzene rings is 1. The number of para-hydroxylation sites is 1. The van der Waals surface area contributed by atoms with E-state index in [1.54, 1.807) is 6.20 Å². The molecule has 0 aliphatic carbocycles.